The van der Waals surface area contributed by atoms with Gasteiger partial charge in [-0.05, 0) is 69.0 Å². The van der Waals surface area contributed by atoms with Crippen molar-refractivity contribution in [2.24, 2.45) is 0 Å². The van der Waals surface area contributed by atoms with Crippen molar-refractivity contribution >= 4 is 17.0 Å². The first-order valence-electron chi connectivity index (χ1n) is 17.2. The van der Waals surface area contributed by atoms with Crippen molar-refractivity contribution in [2.75, 3.05) is 47.1 Å². The monoisotopic (exact) mass is 673 g/mol. The molecule has 2 heterocycles. The lowest BCUT2D eigenvalue weighted by molar-refractivity contribution is -0.0359. The lowest BCUT2D eigenvalue weighted by Gasteiger charge is -2.39. The van der Waals surface area contributed by atoms with Gasteiger partial charge in [0.25, 0.3) is 0 Å². The van der Waals surface area contributed by atoms with Gasteiger partial charge in [-0.1, -0.05) is 42.5 Å². The van der Waals surface area contributed by atoms with Crippen molar-refractivity contribution in [3.8, 4) is 11.5 Å². The minimum absolute atomic E-state index is 0.111. The average molecular weight is 674 g/mol. The fourth-order valence-corrected chi connectivity index (χ4v) is 6.02. The highest BCUT2D eigenvalue weighted by Gasteiger charge is 2.35. The molecule has 2 unspecified atom stereocenters. The number of nitrogens with zero attached hydrogens (tertiary/aromatic N) is 3. The minimum Gasteiger partial charge on any atom is -0.496 e. The number of likely N-dealkylation sites (tertiary alicyclic amines) is 1. The summed E-state index contributed by atoms with van der Waals surface area (Å²) in [6.45, 7) is 10.3. The second-order valence-electron chi connectivity index (χ2n) is 13.4. The smallest absolute Gasteiger partial charge is 0.410 e. The lowest BCUT2D eigenvalue weighted by atomic mass is 9.87. The van der Waals surface area contributed by atoms with Gasteiger partial charge in [0.2, 0.25) is 0 Å². The van der Waals surface area contributed by atoms with Crippen LogP contribution in [0.25, 0.3) is 10.9 Å². The Labute approximate surface area is 290 Å². The number of amides is 1. The van der Waals surface area contributed by atoms with E-state index in [4.69, 9.17) is 33.5 Å². The number of hydrogen-bond acceptors (Lipinski definition) is 8. The normalized spacial score (nSPS) is 16.6. The van der Waals surface area contributed by atoms with Crippen molar-refractivity contribution in [1.29, 1.82) is 0 Å². The van der Waals surface area contributed by atoms with E-state index in [1.54, 1.807) is 19.1 Å². The Hall–Kier alpha value is -4.12. The largest absolute Gasteiger partial charge is 0.496 e. The summed E-state index contributed by atoms with van der Waals surface area (Å²) in [6, 6.07) is 22.4. The lowest BCUT2D eigenvalue weighted by Crippen LogP contribution is -2.48. The SMILES string of the molecule is COCCCn1cc2ccc(COC3CN(C(=O)OC(C)(C)C)CCC3c3ccc(OCCCOCc4ccccc4OC)cc3)cc2n1. The Bertz CT molecular complexity index is 1620. The van der Waals surface area contributed by atoms with E-state index in [1.165, 1.54) is 0 Å². The summed E-state index contributed by atoms with van der Waals surface area (Å²) in [5, 5.41) is 5.84. The van der Waals surface area contributed by atoms with Gasteiger partial charge in [-0.15, -0.1) is 0 Å². The maximum absolute atomic E-state index is 13.0. The Kier molecular flexibility index (Phi) is 12.9. The molecule has 1 fully saturated rings. The summed E-state index contributed by atoms with van der Waals surface area (Å²) in [5.41, 5.74) is 3.60. The maximum Gasteiger partial charge on any atom is 0.410 e. The molecule has 0 bridgehead atoms. The van der Waals surface area contributed by atoms with Crippen LogP contribution in [-0.4, -0.2) is 79.6 Å². The van der Waals surface area contributed by atoms with Gasteiger partial charge < -0.3 is 33.3 Å². The number of fused-ring (bicyclic) bond motifs is 1. The molecule has 2 atom stereocenters. The predicted molar refractivity (Wildman–Crippen MR) is 189 cm³/mol. The van der Waals surface area contributed by atoms with Crippen LogP contribution in [-0.2, 0) is 38.7 Å². The molecule has 0 radical (unpaired) electrons. The first kappa shape index (κ1) is 36.2. The standard InChI is InChI=1S/C39H51N3O7/c1-39(2,3)49-38(43)41-20-18-34(37(26-41)48-27-29-12-13-31-25-42(19-8-21-44-4)40-35(31)24-29)30-14-16-33(17-15-30)47-23-9-22-46-28-32-10-6-7-11-36(32)45-5/h6-7,10-17,24-25,34,37H,8-9,18-23,26-28H2,1-5H3. The average Bonchev–Trinajstić information content (AvgIpc) is 3.50. The molecule has 0 N–H and O–H groups in total. The number of ether oxygens (including phenoxy) is 6. The third kappa shape index (κ3) is 10.7. The molecule has 264 valence electrons. The van der Waals surface area contributed by atoms with Gasteiger partial charge in [-0.2, -0.15) is 5.10 Å². The third-order valence-electron chi connectivity index (χ3n) is 8.49. The van der Waals surface area contributed by atoms with Gasteiger partial charge in [-0.25, -0.2) is 4.79 Å². The zero-order valence-electron chi connectivity index (χ0n) is 29.6. The molecule has 1 amide bonds. The van der Waals surface area contributed by atoms with Crippen LogP contribution in [0.3, 0.4) is 0 Å². The first-order valence-corrected chi connectivity index (χ1v) is 17.2. The molecule has 1 aliphatic heterocycles. The van der Waals surface area contributed by atoms with Crippen LogP contribution in [0.4, 0.5) is 4.79 Å². The van der Waals surface area contributed by atoms with E-state index in [-0.39, 0.29) is 18.1 Å². The van der Waals surface area contributed by atoms with Crippen LogP contribution in [0.15, 0.2) is 72.9 Å². The minimum atomic E-state index is -0.565. The molecule has 5 rings (SSSR count). The summed E-state index contributed by atoms with van der Waals surface area (Å²) in [5.74, 6) is 1.76. The van der Waals surface area contributed by atoms with E-state index < -0.39 is 5.60 Å². The number of benzene rings is 3. The number of aromatic nitrogens is 2. The van der Waals surface area contributed by atoms with Gasteiger partial charge in [0, 0.05) is 56.3 Å². The third-order valence-corrected chi connectivity index (χ3v) is 8.49. The Morgan fingerprint density at radius 1 is 0.939 bits per heavy atom. The Balaban J connectivity index is 1.17. The molecule has 10 nitrogen and oxygen atoms in total. The molecule has 1 saturated heterocycles. The topological polar surface area (TPSA) is 93.5 Å². The number of hydrogen-bond donors (Lipinski definition) is 0. The molecular formula is C39H51N3O7. The zero-order valence-corrected chi connectivity index (χ0v) is 29.6. The highest BCUT2D eigenvalue weighted by molar-refractivity contribution is 5.78. The van der Waals surface area contributed by atoms with Crippen molar-refractivity contribution < 1.29 is 33.2 Å². The Morgan fingerprint density at radius 3 is 2.53 bits per heavy atom. The van der Waals surface area contributed by atoms with E-state index in [9.17, 15) is 4.79 Å². The second-order valence-corrected chi connectivity index (χ2v) is 13.4. The van der Waals surface area contributed by atoms with E-state index in [0.717, 1.165) is 64.9 Å². The van der Waals surface area contributed by atoms with Gasteiger partial charge in [0.1, 0.15) is 17.1 Å². The summed E-state index contributed by atoms with van der Waals surface area (Å²) >= 11 is 0. The summed E-state index contributed by atoms with van der Waals surface area (Å²) in [4.78, 5) is 14.8. The van der Waals surface area contributed by atoms with E-state index >= 15 is 0 Å². The number of carbonyl (C=O) groups is 1. The Morgan fingerprint density at radius 2 is 1.76 bits per heavy atom. The van der Waals surface area contributed by atoms with Crippen LogP contribution in [0, 0.1) is 0 Å². The molecule has 4 aromatic rings. The molecule has 49 heavy (non-hydrogen) atoms. The number of methoxy groups -OCH3 is 2. The molecule has 3 aromatic carbocycles. The number of rotatable bonds is 16. The second kappa shape index (κ2) is 17.5. The number of para-hydroxylation sites is 1. The summed E-state index contributed by atoms with van der Waals surface area (Å²) in [7, 11) is 3.38. The van der Waals surface area contributed by atoms with Crippen molar-refractivity contribution in [2.45, 2.75) is 77.4 Å². The molecule has 1 aromatic heterocycles. The van der Waals surface area contributed by atoms with E-state index in [2.05, 4.69) is 36.5 Å². The van der Waals surface area contributed by atoms with Crippen LogP contribution in [0.5, 0.6) is 11.5 Å². The molecule has 0 spiro atoms. The summed E-state index contributed by atoms with van der Waals surface area (Å²) < 4.78 is 36.7. The molecule has 1 aliphatic rings. The van der Waals surface area contributed by atoms with E-state index in [1.807, 2.05) is 61.9 Å². The molecule has 0 aliphatic carbocycles. The molecule has 0 saturated carbocycles. The van der Waals surface area contributed by atoms with Gasteiger partial charge in [0.05, 0.1) is 51.7 Å². The molecular weight excluding hydrogens is 622 g/mol. The van der Waals surface area contributed by atoms with Crippen LogP contribution < -0.4 is 9.47 Å². The van der Waals surface area contributed by atoms with Crippen molar-refractivity contribution in [3.05, 3.63) is 89.6 Å². The summed E-state index contributed by atoms with van der Waals surface area (Å²) in [6.07, 6.45) is 3.99. The number of carbonyl (C=O) groups excluding carboxylic acids is 1. The van der Waals surface area contributed by atoms with Crippen LogP contribution in [0.2, 0.25) is 0 Å². The molecule has 10 heteroatoms. The predicted octanol–water partition coefficient (Wildman–Crippen LogP) is 7.38. The van der Waals surface area contributed by atoms with Crippen LogP contribution >= 0.6 is 0 Å². The van der Waals surface area contributed by atoms with E-state index in [0.29, 0.717) is 46.1 Å². The van der Waals surface area contributed by atoms with Crippen LogP contribution in [0.1, 0.15) is 62.6 Å². The van der Waals surface area contributed by atoms with Gasteiger partial charge in [-0.3, -0.25) is 4.68 Å². The van der Waals surface area contributed by atoms with Gasteiger partial charge in [0.15, 0.2) is 0 Å². The fourth-order valence-electron chi connectivity index (χ4n) is 6.02. The quantitative estimate of drug-likeness (QED) is 0.114. The van der Waals surface area contributed by atoms with Crippen molar-refractivity contribution in [3.63, 3.8) is 0 Å². The number of piperidine rings is 1. The maximum atomic E-state index is 13.0. The highest BCUT2D eigenvalue weighted by Crippen LogP contribution is 2.33. The first-order chi connectivity index (χ1) is 23.7. The van der Waals surface area contributed by atoms with Crippen molar-refractivity contribution in [1.82, 2.24) is 14.7 Å². The van der Waals surface area contributed by atoms with Gasteiger partial charge >= 0.3 is 6.09 Å². The number of aryl methyl sites for hydroxylation is 1. The highest BCUT2D eigenvalue weighted by atomic mass is 16.6. The zero-order chi connectivity index (χ0) is 34.6. The fraction of sp³-hybridized carbons (Fsp3) is 0.487.